The predicted octanol–water partition coefficient (Wildman–Crippen LogP) is 4.48. The van der Waals surface area contributed by atoms with Gasteiger partial charge in [-0.25, -0.2) is 0 Å². The molecule has 1 nitrogen and oxygen atoms in total. The monoisotopic (exact) mass is 356 g/mol. The molecule has 3 heteroatoms. The lowest BCUT2D eigenvalue weighted by Gasteiger charge is -2.04. The first-order chi connectivity index (χ1) is 8.08. The highest BCUT2D eigenvalue weighted by Crippen LogP contribution is 2.21. The molecule has 0 amide bonds. The molecule has 0 heterocycles. The molecule has 0 fully saturated rings. The van der Waals surface area contributed by atoms with Crippen LogP contribution in [0.5, 0.6) is 0 Å². The molecule has 0 spiro atoms. The number of rotatable bonds is 2. The Morgan fingerprint density at radius 2 is 1.76 bits per heavy atom. The fourth-order valence-electron chi connectivity index (χ4n) is 1.56. The minimum absolute atomic E-state index is 0.0357. The van der Waals surface area contributed by atoms with E-state index in [1.54, 1.807) is 6.07 Å². The van der Waals surface area contributed by atoms with Crippen LogP contribution in [0.25, 0.3) is 0 Å². The fraction of sp³-hybridized carbons (Fsp3) is 0.0714. The molecule has 2 aromatic carbocycles. The van der Waals surface area contributed by atoms with E-state index < -0.39 is 0 Å². The van der Waals surface area contributed by atoms with Crippen LogP contribution in [0, 0.1) is 10.5 Å². The fourth-order valence-corrected chi connectivity index (χ4v) is 2.24. The van der Waals surface area contributed by atoms with E-state index in [2.05, 4.69) is 22.6 Å². The SMILES string of the molecule is Cc1ccc(C(=O)c2ccc(I)cc2)c(Cl)c1. The van der Waals surface area contributed by atoms with Crippen molar-refractivity contribution >= 4 is 40.0 Å². The van der Waals surface area contributed by atoms with Gasteiger partial charge in [0.2, 0.25) is 0 Å². The Morgan fingerprint density at radius 3 is 2.35 bits per heavy atom. The van der Waals surface area contributed by atoms with Gasteiger partial charge in [0.1, 0.15) is 0 Å². The highest BCUT2D eigenvalue weighted by Gasteiger charge is 2.12. The molecule has 0 bridgehead atoms. The van der Waals surface area contributed by atoms with E-state index in [4.69, 9.17) is 11.6 Å². The number of ketones is 1. The van der Waals surface area contributed by atoms with Crippen LogP contribution in [0.3, 0.4) is 0 Å². The van der Waals surface area contributed by atoms with Gasteiger partial charge < -0.3 is 0 Å². The van der Waals surface area contributed by atoms with E-state index >= 15 is 0 Å². The molecule has 0 unspecified atom stereocenters. The zero-order valence-electron chi connectivity index (χ0n) is 9.21. The summed E-state index contributed by atoms with van der Waals surface area (Å²) in [5, 5.41) is 0.508. The summed E-state index contributed by atoms with van der Waals surface area (Å²) in [6.45, 7) is 1.95. The van der Waals surface area contributed by atoms with Gasteiger partial charge in [0.05, 0.1) is 5.02 Å². The topological polar surface area (TPSA) is 17.1 Å². The van der Waals surface area contributed by atoms with E-state index in [9.17, 15) is 4.79 Å². The molecule has 0 radical (unpaired) electrons. The molecule has 0 aliphatic heterocycles. The van der Waals surface area contributed by atoms with Crippen molar-refractivity contribution in [2.24, 2.45) is 0 Å². The molecule has 0 N–H and O–H groups in total. The maximum atomic E-state index is 12.2. The molecule has 0 aromatic heterocycles. The van der Waals surface area contributed by atoms with Gasteiger partial charge in [0.15, 0.2) is 5.78 Å². The average molecular weight is 357 g/mol. The highest BCUT2D eigenvalue weighted by atomic mass is 127. The molecule has 0 saturated carbocycles. The van der Waals surface area contributed by atoms with Crippen LogP contribution in [0.1, 0.15) is 21.5 Å². The molecule has 2 aromatic rings. The second-order valence-electron chi connectivity index (χ2n) is 3.82. The maximum Gasteiger partial charge on any atom is 0.194 e. The van der Waals surface area contributed by atoms with Crippen molar-refractivity contribution in [2.75, 3.05) is 0 Å². The number of aryl methyl sites for hydroxylation is 1. The molecule has 17 heavy (non-hydrogen) atoms. The van der Waals surface area contributed by atoms with Crippen molar-refractivity contribution in [3.63, 3.8) is 0 Å². The van der Waals surface area contributed by atoms with Crippen molar-refractivity contribution in [1.82, 2.24) is 0 Å². The minimum atomic E-state index is -0.0357. The lowest BCUT2D eigenvalue weighted by Crippen LogP contribution is -2.02. The molecule has 0 aliphatic carbocycles. The van der Waals surface area contributed by atoms with Crippen LogP contribution in [0.15, 0.2) is 42.5 Å². The standard InChI is InChI=1S/C14H10ClIO/c1-9-2-7-12(13(15)8-9)14(17)10-3-5-11(16)6-4-10/h2-8H,1H3. The first-order valence-corrected chi connectivity index (χ1v) is 6.60. The number of halogens is 2. The summed E-state index contributed by atoms with van der Waals surface area (Å²) < 4.78 is 1.11. The number of hydrogen-bond donors (Lipinski definition) is 0. The van der Waals surface area contributed by atoms with Crippen LogP contribution in [-0.2, 0) is 0 Å². The molecule has 0 aliphatic rings. The minimum Gasteiger partial charge on any atom is -0.289 e. The zero-order chi connectivity index (χ0) is 12.4. The lowest BCUT2D eigenvalue weighted by molar-refractivity contribution is 0.103. The van der Waals surface area contributed by atoms with Crippen LogP contribution in [-0.4, -0.2) is 5.78 Å². The van der Waals surface area contributed by atoms with Crippen molar-refractivity contribution in [3.05, 3.63) is 67.7 Å². The highest BCUT2D eigenvalue weighted by molar-refractivity contribution is 14.1. The second-order valence-corrected chi connectivity index (χ2v) is 5.47. The smallest absolute Gasteiger partial charge is 0.194 e. The van der Waals surface area contributed by atoms with Gasteiger partial charge in [-0.1, -0.05) is 17.7 Å². The van der Waals surface area contributed by atoms with Crippen molar-refractivity contribution in [3.8, 4) is 0 Å². The van der Waals surface area contributed by atoms with Crippen LogP contribution >= 0.6 is 34.2 Å². The van der Waals surface area contributed by atoms with Crippen LogP contribution in [0.2, 0.25) is 5.02 Å². The Bertz CT molecular complexity index is 561. The summed E-state index contributed by atoms with van der Waals surface area (Å²) in [6, 6.07) is 12.9. The number of carbonyl (C=O) groups excluding carboxylic acids is 1. The Balaban J connectivity index is 2.40. The van der Waals surface area contributed by atoms with Gasteiger partial charge in [-0.3, -0.25) is 4.79 Å². The molecular formula is C14H10ClIO. The van der Waals surface area contributed by atoms with Gasteiger partial charge in [0.25, 0.3) is 0 Å². The number of hydrogen-bond acceptors (Lipinski definition) is 1. The van der Waals surface area contributed by atoms with E-state index in [1.165, 1.54) is 0 Å². The summed E-state index contributed by atoms with van der Waals surface area (Å²) in [5.41, 5.74) is 2.27. The van der Waals surface area contributed by atoms with Gasteiger partial charge >= 0.3 is 0 Å². The first kappa shape index (κ1) is 12.6. The normalized spacial score (nSPS) is 10.3. The van der Waals surface area contributed by atoms with Gasteiger partial charge in [0, 0.05) is 14.7 Å². The molecule has 2 rings (SSSR count). The maximum absolute atomic E-state index is 12.2. The van der Waals surface area contributed by atoms with Crippen molar-refractivity contribution in [1.29, 1.82) is 0 Å². The van der Waals surface area contributed by atoms with E-state index in [-0.39, 0.29) is 5.78 Å². The summed E-state index contributed by atoms with van der Waals surface area (Å²) in [7, 11) is 0. The van der Waals surface area contributed by atoms with Crippen molar-refractivity contribution < 1.29 is 4.79 Å². The van der Waals surface area contributed by atoms with E-state index in [1.807, 2.05) is 43.3 Å². The molecule has 0 saturated heterocycles. The Morgan fingerprint density at radius 1 is 1.12 bits per heavy atom. The molecular weight excluding hydrogens is 347 g/mol. The van der Waals surface area contributed by atoms with E-state index in [0.29, 0.717) is 16.1 Å². The third-order valence-electron chi connectivity index (χ3n) is 2.48. The van der Waals surface area contributed by atoms with Gasteiger partial charge in [-0.2, -0.15) is 0 Å². The second kappa shape index (κ2) is 5.19. The number of benzene rings is 2. The first-order valence-electron chi connectivity index (χ1n) is 5.14. The zero-order valence-corrected chi connectivity index (χ0v) is 12.1. The van der Waals surface area contributed by atoms with E-state index in [0.717, 1.165) is 9.13 Å². The largest absolute Gasteiger partial charge is 0.289 e. The molecule has 0 atom stereocenters. The summed E-state index contributed by atoms with van der Waals surface area (Å²) in [6.07, 6.45) is 0. The van der Waals surface area contributed by atoms with Gasteiger partial charge in [-0.15, -0.1) is 0 Å². The quantitative estimate of drug-likeness (QED) is 0.572. The lowest BCUT2D eigenvalue weighted by atomic mass is 10.0. The Hall–Kier alpha value is -0.870. The number of carbonyl (C=O) groups is 1. The van der Waals surface area contributed by atoms with Crippen LogP contribution in [0.4, 0.5) is 0 Å². The Labute approximate surface area is 119 Å². The van der Waals surface area contributed by atoms with Crippen molar-refractivity contribution in [2.45, 2.75) is 6.92 Å². The Kier molecular flexibility index (Phi) is 3.84. The molecule has 86 valence electrons. The van der Waals surface area contributed by atoms with Gasteiger partial charge in [-0.05, 0) is 71.5 Å². The van der Waals surface area contributed by atoms with Crippen LogP contribution < -0.4 is 0 Å². The predicted molar refractivity (Wildman–Crippen MR) is 78.8 cm³/mol. The third-order valence-corrected chi connectivity index (χ3v) is 3.51. The summed E-state index contributed by atoms with van der Waals surface area (Å²) >= 11 is 8.29. The average Bonchev–Trinajstić information content (AvgIpc) is 2.29. The third kappa shape index (κ3) is 2.87. The summed E-state index contributed by atoms with van der Waals surface area (Å²) in [4.78, 5) is 12.2. The summed E-state index contributed by atoms with van der Waals surface area (Å²) in [5.74, 6) is -0.0357.